The maximum atomic E-state index is 13.6. The minimum absolute atomic E-state index is 0.0396. The summed E-state index contributed by atoms with van der Waals surface area (Å²) in [4.78, 5) is 79.4. The van der Waals surface area contributed by atoms with Crippen LogP contribution in [0.25, 0.3) is 0 Å². The molecule has 2 aliphatic rings. The summed E-state index contributed by atoms with van der Waals surface area (Å²) in [7, 11) is 0. The molecule has 272 valence electrons. The Bertz CT molecular complexity index is 1710. The number of hydrogen-bond acceptors (Lipinski definition) is 9. The van der Waals surface area contributed by atoms with Crippen molar-refractivity contribution in [1.82, 2.24) is 26.6 Å². The van der Waals surface area contributed by atoms with E-state index in [-0.39, 0.29) is 30.3 Å². The molecule has 2 aromatic carbocycles. The van der Waals surface area contributed by atoms with Crippen LogP contribution in [0.15, 0.2) is 66.0 Å². The molecule has 0 radical (unpaired) electrons. The number of Topliss-reactive ketones (excluding diaryl/α,β-unsaturated/α-hetero) is 1. The second-order valence-corrected chi connectivity index (χ2v) is 13.9. The first-order valence-corrected chi connectivity index (χ1v) is 17.6. The number of benzene rings is 2. The SMILES string of the molecule is CC(=O)c1cc(C(=O)N[C@H]2Cc3ccc(cc3)OC[C@H](Cc3ccccc3)NC(=O)[C@@H](C(C)C)NC(=O)[C@H]([C@@H](C)O)NC(=O)[C@@H](C)NC2=O)cs1. The molecule has 51 heavy (non-hydrogen) atoms. The fourth-order valence-electron chi connectivity index (χ4n) is 5.43. The summed E-state index contributed by atoms with van der Waals surface area (Å²) >= 11 is 1.11. The predicted molar refractivity (Wildman–Crippen MR) is 191 cm³/mol. The topological polar surface area (TPSA) is 192 Å². The molecule has 0 unspecified atom stereocenters. The second-order valence-electron chi connectivity index (χ2n) is 13.0. The van der Waals surface area contributed by atoms with E-state index in [1.54, 1.807) is 38.1 Å². The van der Waals surface area contributed by atoms with Gasteiger partial charge < -0.3 is 36.4 Å². The van der Waals surface area contributed by atoms with E-state index in [9.17, 15) is 33.9 Å². The summed E-state index contributed by atoms with van der Waals surface area (Å²) in [5, 5.41) is 25.5. The average Bonchev–Trinajstić information content (AvgIpc) is 3.59. The molecule has 3 aromatic rings. The first-order valence-electron chi connectivity index (χ1n) is 16.8. The molecular formula is C37H45N5O8S. The standard InChI is InChI=1S/C37H45N5O8S/c1-20(2)31-36(48)39-27(15-24-9-7-6-8-10-24)18-50-28-13-11-25(12-14-28)16-29(40-34(46)26-17-30(22(4)43)51-19-26)35(47)38-21(3)33(45)42-32(23(5)44)37(49)41-31/h6-14,17,19-21,23,27,29,31-32,44H,15-16,18H2,1-5H3,(H,38,47)(H,39,48)(H,40,46)(H,41,49)(H,42,45)/t21-,23-,27+,29+,31-,32+/m1/s1. The summed E-state index contributed by atoms with van der Waals surface area (Å²) in [6.07, 6.45) is -0.884. The van der Waals surface area contributed by atoms with Crippen LogP contribution < -0.4 is 31.3 Å². The highest BCUT2D eigenvalue weighted by Crippen LogP contribution is 2.18. The monoisotopic (exact) mass is 719 g/mol. The third kappa shape index (κ3) is 11.0. The molecule has 5 rings (SSSR count). The largest absolute Gasteiger partial charge is 0.491 e. The Kier molecular flexibility index (Phi) is 13.5. The van der Waals surface area contributed by atoms with Gasteiger partial charge in [0.05, 0.1) is 22.6 Å². The van der Waals surface area contributed by atoms with Crippen LogP contribution in [0.5, 0.6) is 5.75 Å². The molecule has 1 aromatic heterocycles. The van der Waals surface area contributed by atoms with Gasteiger partial charge in [-0.05, 0) is 62.4 Å². The van der Waals surface area contributed by atoms with Gasteiger partial charge in [0.1, 0.15) is 36.5 Å². The molecule has 0 saturated carbocycles. The molecule has 5 amide bonds. The molecule has 2 bridgehead atoms. The van der Waals surface area contributed by atoms with E-state index in [1.165, 1.54) is 32.2 Å². The molecule has 6 N–H and O–H groups in total. The summed E-state index contributed by atoms with van der Waals surface area (Å²) in [5.74, 6) is -3.35. The van der Waals surface area contributed by atoms with Crippen molar-refractivity contribution in [3.05, 3.63) is 87.6 Å². The van der Waals surface area contributed by atoms with Gasteiger partial charge in [-0.1, -0.05) is 56.3 Å². The van der Waals surface area contributed by atoms with Gasteiger partial charge in [-0.3, -0.25) is 28.8 Å². The van der Waals surface area contributed by atoms with Gasteiger partial charge in [0.15, 0.2) is 5.78 Å². The van der Waals surface area contributed by atoms with E-state index < -0.39 is 65.8 Å². The van der Waals surface area contributed by atoms with Gasteiger partial charge in [0.2, 0.25) is 23.6 Å². The molecular weight excluding hydrogens is 675 g/mol. The van der Waals surface area contributed by atoms with Gasteiger partial charge in [0.25, 0.3) is 5.91 Å². The van der Waals surface area contributed by atoms with Crippen molar-refractivity contribution in [2.24, 2.45) is 5.92 Å². The number of carbonyl (C=O) groups is 6. The normalized spacial score (nSPS) is 22.8. The van der Waals surface area contributed by atoms with Crippen LogP contribution in [-0.4, -0.2) is 83.3 Å². The van der Waals surface area contributed by atoms with Crippen molar-refractivity contribution < 1.29 is 38.6 Å². The van der Waals surface area contributed by atoms with Crippen molar-refractivity contribution in [2.75, 3.05) is 6.61 Å². The molecule has 0 spiro atoms. The molecule has 0 saturated heterocycles. The van der Waals surface area contributed by atoms with Gasteiger partial charge in [-0.15, -0.1) is 11.3 Å². The number of nitrogens with one attached hydrogen (secondary N) is 5. The van der Waals surface area contributed by atoms with Gasteiger partial charge in [0, 0.05) is 11.8 Å². The lowest BCUT2D eigenvalue weighted by Gasteiger charge is -2.29. The van der Waals surface area contributed by atoms with Crippen LogP contribution >= 0.6 is 11.3 Å². The molecule has 3 heterocycles. The first kappa shape index (κ1) is 38.7. The fraction of sp³-hybridized carbons (Fsp3) is 0.405. The summed E-state index contributed by atoms with van der Waals surface area (Å²) in [5.41, 5.74) is 1.84. The molecule has 6 atom stereocenters. The maximum absolute atomic E-state index is 13.6. The fourth-order valence-corrected chi connectivity index (χ4v) is 6.22. The number of fused-ring (bicyclic) bond motifs is 17. The lowest BCUT2D eigenvalue weighted by Crippen LogP contribution is -2.61. The number of rotatable bonds is 7. The minimum Gasteiger partial charge on any atom is -0.491 e. The van der Waals surface area contributed by atoms with Crippen LogP contribution in [0.2, 0.25) is 0 Å². The van der Waals surface area contributed by atoms with Crippen LogP contribution in [0.4, 0.5) is 0 Å². The van der Waals surface area contributed by atoms with Gasteiger partial charge >= 0.3 is 0 Å². The van der Waals surface area contributed by atoms with E-state index in [2.05, 4.69) is 26.6 Å². The predicted octanol–water partition coefficient (Wildman–Crippen LogP) is 1.92. The highest BCUT2D eigenvalue weighted by atomic mass is 32.1. The smallest absolute Gasteiger partial charge is 0.252 e. The van der Waals surface area contributed by atoms with E-state index in [1.807, 2.05) is 30.3 Å². The number of aliphatic hydroxyl groups is 1. The minimum atomic E-state index is -1.46. The Balaban J connectivity index is 1.66. The lowest BCUT2D eigenvalue weighted by molar-refractivity contribution is -0.136. The van der Waals surface area contributed by atoms with Crippen LogP contribution in [0.1, 0.15) is 65.8 Å². The quantitative estimate of drug-likeness (QED) is 0.158. The molecule has 2 aliphatic heterocycles. The van der Waals surface area contributed by atoms with Crippen LogP contribution in [-0.2, 0) is 32.0 Å². The molecule has 14 heteroatoms. The molecule has 0 aliphatic carbocycles. The Hall–Kier alpha value is -5.08. The third-order valence-electron chi connectivity index (χ3n) is 8.38. The number of carbonyl (C=O) groups excluding carboxylic acids is 6. The number of ether oxygens (including phenoxy) is 1. The lowest BCUT2D eigenvalue weighted by atomic mass is 10.0. The zero-order valence-corrected chi connectivity index (χ0v) is 30.0. The van der Waals surface area contributed by atoms with E-state index in [4.69, 9.17) is 4.74 Å². The third-order valence-corrected chi connectivity index (χ3v) is 9.41. The summed E-state index contributed by atoms with van der Waals surface area (Å²) in [6, 6.07) is 12.6. The summed E-state index contributed by atoms with van der Waals surface area (Å²) in [6.45, 7) is 7.72. The van der Waals surface area contributed by atoms with Crippen molar-refractivity contribution >= 4 is 46.7 Å². The van der Waals surface area contributed by atoms with E-state index >= 15 is 0 Å². The van der Waals surface area contributed by atoms with Crippen molar-refractivity contribution in [3.63, 3.8) is 0 Å². The zero-order chi connectivity index (χ0) is 37.2. The zero-order valence-electron chi connectivity index (χ0n) is 29.2. The Labute approximate surface area is 300 Å². The number of ketones is 1. The second kappa shape index (κ2) is 17.7. The number of hydrogen-bond donors (Lipinski definition) is 6. The maximum Gasteiger partial charge on any atom is 0.252 e. The van der Waals surface area contributed by atoms with Gasteiger partial charge in [-0.2, -0.15) is 0 Å². The highest BCUT2D eigenvalue weighted by Gasteiger charge is 2.34. The Morgan fingerprint density at radius 3 is 2.14 bits per heavy atom. The number of thiophene rings is 1. The highest BCUT2D eigenvalue weighted by molar-refractivity contribution is 7.12. The Morgan fingerprint density at radius 2 is 1.53 bits per heavy atom. The molecule has 0 fully saturated rings. The van der Waals surface area contributed by atoms with E-state index in [0.717, 1.165) is 16.9 Å². The number of aliphatic hydroxyl groups excluding tert-OH is 1. The molecule has 13 nitrogen and oxygen atoms in total. The van der Waals surface area contributed by atoms with Crippen molar-refractivity contribution in [1.29, 1.82) is 0 Å². The average molecular weight is 720 g/mol. The van der Waals surface area contributed by atoms with Crippen LogP contribution in [0, 0.1) is 5.92 Å². The van der Waals surface area contributed by atoms with Crippen molar-refractivity contribution in [2.45, 2.75) is 83.8 Å². The summed E-state index contributed by atoms with van der Waals surface area (Å²) < 4.78 is 6.10. The number of amides is 5. The Morgan fingerprint density at radius 1 is 0.882 bits per heavy atom. The van der Waals surface area contributed by atoms with Gasteiger partial charge in [-0.25, -0.2) is 0 Å². The first-order chi connectivity index (χ1) is 24.2. The van der Waals surface area contributed by atoms with E-state index in [0.29, 0.717) is 22.6 Å². The van der Waals surface area contributed by atoms with Crippen LogP contribution in [0.3, 0.4) is 0 Å². The van der Waals surface area contributed by atoms with Crippen molar-refractivity contribution in [3.8, 4) is 5.75 Å².